The quantitative estimate of drug-likeness (QED) is 0.722. The lowest BCUT2D eigenvalue weighted by atomic mass is 10.0. The summed E-state index contributed by atoms with van der Waals surface area (Å²) in [4.78, 5) is 31.1. The minimum atomic E-state index is -0.367. The SMILES string of the molecule is COc1cc(C(C)NC(=O)C2CC(=O)N(Cc3ccccn3)C2)ccc1OC(C)C. The van der Waals surface area contributed by atoms with Crippen molar-refractivity contribution in [2.75, 3.05) is 13.7 Å². The average Bonchev–Trinajstić information content (AvgIpc) is 3.09. The highest BCUT2D eigenvalue weighted by atomic mass is 16.5. The van der Waals surface area contributed by atoms with Crippen molar-refractivity contribution in [3.8, 4) is 11.5 Å². The molecule has 2 amide bonds. The molecule has 1 saturated heterocycles. The van der Waals surface area contributed by atoms with Gasteiger partial charge in [-0.2, -0.15) is 0 Å². The van der Waals surface area contributed by atoms with Crippen LogP contribution in [0.4, 0.5) is 0 Å². The first-order valence-electron chi connectivity index (χ1n) is 10.2. The number of aromatic nitrogens is 1. The summed E-state index contributed by atoms with van der Waals surface area (Å²) in [6, 6.07) is 11.0. The number of carbonyl (C=O) groups excluding carboxylic acids is 2. The van der Waals surface area contributed by atoms with Crippen LogP contribution in [0.5, 0.6) is 11.5 Å². The third kappa shape index (κ3) is 5.28. The van der Waals surface area contributed by atoms with Gasteiger partial charge in [0.1, 0.15) is 0 Å². The number of amides is 2. The number of nitrogens with one attached hydrogen (secondary N) is 1. The van der Waals surface area contributed by atoms with Gasteiger partial charge in [-0.05, 0) is 50.6 Å². The number of pyridine rings is 1. The number of rotatable bonds is 8. The maximum absolute atomic E-state index is 12.8. The molecule has 1 aliphatic rings. The van der Waals surface area contributed by atoms with E-state index in [1.807, 2.05) is 57.2 Å². The molecule has 0 radical (unpaired) electrons. The zero-order valence-corrected chi connectivity index (χ0v) is 17.9. The first-order chi connectivity index (χ1) is 14.4. The van der Waals surface area contributed by atoms with Crippen LogP contribution in [-0.2, 0) is 16.1 Å². The van der Waals surface area contributed by atoms with Crippen LogP contribution in [0, 0.1) is 5.92 Å². The van der Waals surface area contributed by atoms with Gasteiger partial charge in [0, 0.05) is 19.2 Å². The normalized spacial score (nSPS) is 17.2. The molecule has 1 N–H and O–H groups in total. The zero-order chi connectivity index (χ0) is 21.7. The highest BCUT2D eigenvalue weighted by molar-refractivity contribution is 5.89. The molecule has 2 heterocycles. The Morgan fingerprint density at radius 1 is 1.23 bits per heavy atom. The Kier molecular flexibility index (Phi) is 6.92. The predicted molar refractivity (Wildman–Crippen MR) is 113 cm³/mol. The van der Waals surface area contributed by atoms with Gasteiger partial charge in [0.15, 0.2) is 11.5 Å². The number of hydrogen-bond donors (Lipinski definition) is 1. The predicted octanol–water partition coefficient (Wildman–Crippen LogP) is 3.10. The topological polar surface area (TPSA) is 80.8 Å². The van der Waals surface area contributed by atoms with Crippen LogP contribution in [0.2, 0.25) is 0 Å². The highest BCUT2D eigenvalue weighted by Crippen LogP contribution is 2.31. The number of nitrogens with zero attached hydrogens (tertiary/aromatic N) is 2. The molecule has 30 heavy (non-hydrogen) atoms. The van der Waals surface area contributed by atoms with E-state index < -0.39 is 0 Å². The van der Waals surface area contributed by atoms with Gasteiger partial charge in [-0.15, -0.1) is 0 Å². The second kappa shape index (κ2) is 9.61. The zero-order valence-electron chi connectivity index (χ0n) is 17.9. The molecule has 7 nitrogen and oxygen atoms in total. The number of ether oxygens (including phenoxy) is 2. The Morgan fingerprint density at radius 3 is 2.70 bits per heavy atom. The van der Waals surface area contributed by atoms with Gasteiger partial charge >= 0.3 is 0 Å². The molecule has 0 saturated carbocycles. The summed E-state index contributed by atoms with van der Waals surface area (Å²) in [5.74, 6) is 0.779. The van der Waals surface area contributed by atoms with Crippen molar-refractivity contribution in [1.29, 1.82) is 0 Å². The highest BCUT2D eigenvalue weighted by Gasteiger charge is 2.35. The largest absolute Gasteiger partial charge is 0.493 e. The monoisotopic (exact) mass is 411 g/mol. The molecule has 0 bridgehead atoms. The van der Waals surface area contributed by atoms with Crippen LogP contribution in [-0.4, -0.2) is 41.5 Å². The molecule has 2 unspecified atom stereocenters. The van der Waals surface area contributed by atoms with Crippen molar-refractivity contribution in [2.45, 2.75) is 45.9 Å². The third-order valence-corrected chi connectivity index (χ3v) is 5.07. The Balaban J connectivity index is 1.61. The number of benzene rings is 1. The minimum absolute atomic E-state index is 0.0229. The third-order valence-electron chi connectivity index (χ3n) is 5.07. The standard InChI is InChI=1S/C23H29N3O4/c1-15(2)30-20-9-8-17(11-21(20)29-4)16(3)25-23(28)18-12-22(27)26(13-18)14-19-7-5-6-10-24-19/h5-11,15-16,18H,12-14H2,1-4H3,(H,25,28). The number of hydrogen-bond acceptors (Lipinski definition) is 5. The van der Waals surface area contributed by atoms with Crippen molar-refractivity contribution in [3.05, 3.63) is 53.9 Å². The fourth-order valence-corrected chi connectivity index (χ4v) is 3.51. The molecular formula is C23H29N3O4. The summed E-state index contributed by atoms with van der Waals surface area (Å²) in [5.41, 5.74) is 1.72. The second-order valence-electron chi connectivity index (χ2n) is 7.80. The summed E-state index contributed by atoms with van der Waals surface area (Å²) in [7, 11) is 1.59. The lowest BCUT2D eigenvalue weighted by molar-refractivity contribution is -0.129. The van der Waals surface area contributed by atoms with Gasteiger partial charge in [0.2, 0.25) is 11.8 Å². The van der Waals surface area contributed by atoms with E-state index in [1.165, 1.54) is 0 Å². The van der Waals surface area contributed by atoms with Crippen LogP contribution in [0.1, 0.15) is 44.5 Å². The molecule has 0 spiro atoms. The molecule has 1 aromatic heterocycles. The van der Waals surface area contributed by atoms with Gasteiger partial charge < -0.3 is 19.7 Å². The van der Waals surface area contributed by atoms with E-state index in [0.717, 1.165) is 11.3 Å². The molecule has 1 aromatic carbocycles. The van der Waals surface area contributed by atoms with Crippen LogP contribution < -0.4 is 14.8 Å². The van der Waals surface area contributed by atoms with E-state index >= 15 is 0 Å². The molecule has 1 fully saturated rings. The van der Waals surface area contributed by atoms with Crippen LogP contribution >= 0.6 is 0 Å². The minimum Gasteiger partial charge on any atom is -0.493 e. The molecule has 3 rings (SSSR count). The van der Waals surface area contributed by atoms with E-state index in [0.29, 0.717) is 24.6 Å². The molecule has 160 valence electrons. The summed E-state index contributed by atoms with van der Waals surface area (Å²) < 4.78 is 11.2. The van der Waals surface area contributed by atoms with Gasteiger partial charge in [-0.3, -0.25) is 14.6 Å². The molecule has 2 aromatic rings. The van der Waals surface area contributed by atoms with E-state index in [1.54, 1.807) is 18.2 Å². The maximum atomic E-state index is 12.8. The van der Waals surface area contributed by atoms with Crippen LogP contribution in [0.15, 0.2) is 42.6 Å². The molecular weight excluding hydrogens is 382 g/mol. The van der Waals surface area contributed by atoms with Crippen molar-refractivity contribution >= 4 is 11.8 Å². The average molecular weight is 412 g/mol. The van der Waals surface area contributed by atoms with Crippen LogP contribution in [0.25, 0.3) is 0 Å². The van der Waals surface area contributed by atoms with Crippen molar-refractivity contribution < 1.29 is 19.1 Å². The number of carbonyl (C=O) groups is 2. The molecule has 0 aliphatic carbocycles. The fourth-order valence-electron chi connectivity index (χ4n) is 3.51. The molecule has 1 aliphatic heterocycles. The summed E-state index contributed by atoms with van der Waals surface area (Å²) >= 11 is 0. The summed E-state index contributed by atoms with van der Waals surface area (Å²) in [5, 5.41) is 3.02. The Bertz CT molecular complexity index is 885. The summed E-state index contributed by atoms with van der Waals surface area (Å²) in [6.45, 7) is 6.65. The molecule has 2 atom stereocenters. The Labute approximate surface area is 177 Å². The van der Waals surface area contributed by atoms with Crippen molar-refractivity contribution in [2.24, 2.45) is 5.92 Å². The number of methoxy groups -OCH3 is 1. The molecule has 7 heteroatoms. The summed E-state index contributed by atoms with van der Waals surface area (Å²) in [6.07, 6.45) is 1.96. The maximum Gasteiger partial charge on any atom is 0.225 e. The van der Waals surface area contributed by atoms with E-state index in [-0.39, 0.29) is 36.3 Å². The smallest absolute Gasteiger partial charge is 0.225 e. The number of likely N-dealkylation sites (tertiary alicyclic amines) is 1. The lowest BCUT2D eigenvalue weighted by Gasteiger charge is -2.20. The van der Waals surface area contributed by atoms with Gasteiger partial charge in [-0.1, -0.05) is 12.1 Å². The van der Waals surface area contributed by atoms with E-state index in [2.05, 4.69) is 10.3 Å². The van der Waals surface area contributed by atoms with Crippen LogP contribution in [0.3, 0.4) is 0 Å². The van der Waals surface area contributed by atoms with Crippen molar-refractivity contribution in [3.63, 3.8) is 0 Å². The van der Waals surface area contributed by atoms with Gasteiger partial charge in [0.25, 0.3) is 0 Å². The first kappa shape index (κ1) is 21.6. The van der Waals surface area contributed by atoms with Gasteiger partial charge in [0.05, 0.1) is 37.4 Å². The van der Waals surface area contributed by atoms with E-state index in [9.17, 15) is 9.59 Å². The fraction of sp³-hybridized carbons (Fsp3) is 0.435. The van der Waals surface area contributed by atoms with E-state index in [4.69, 9.17) is 9.47 Å². The van der Waals surface area contributed by atoms with Gasteiger partial charge in [-0.25, -0.2) is 0 Å². The van der Waals surface area contributed by atoms with Crippen molar-refractivity contribution in [1.82, 2.24) is 15.2 Å². The Hall–Kier alpha value is -3.09. The lowest BCUT2D eigenvalue weighted by Crippen LogP contribution is -2.34. The second-order valence-corrected chi connectivity index (χ2v) is 7.80. The first-order valence-corrected chi connectivity index (χ1v) is 10.2. The Morgan fingerprint density at radius 2 is 2.03 bits per heavy atom.